The lowest BCUT2D eigenvalue weighted by molar-refractivity contribution is 0.365. The van der Waals surface area contributed by atoms with Crippen LogP contribution in [-0.2, 0) is 12.8 Å². The van der Waals surface area contributed by atoms with Crippen molar-refractivity contribution >= 4 is 11.0 Å². The van der Waals surface area contributed by atoms with Crippen LogP contribution in [-0.4, -0.2) is 6.61 Å². The highest BCUT2D eigenvalue weighted by Gasteiger charge is 2.20. The number of hydrogen-bond donors (Lipinski definition) is 0. The third kappa shape index (κ3) is 2.80. The highest BCUT2D eigenvalue weighted by Crippen LogP contribution is 2.34. The maximum atomic E-state index is 12.2. The highest BCUT2D eigenvalue weighted by molar-refractivity contribution is 5.88. The normalized spacial score (nSPS) is 13.8. The van der Waals surface area contributed by atoms with Gasteiger partial charge >= 0.3 is 5.63 Å². The quantitative estimate of drug-likeness (QED) is 0.625. The fraction of sp³-hybridized carbons (Fsp3) is 0.421. The maximum absolute atomic E-state index is 12.2. The van der Waals surface area contributed by atoms with Gasteiger partial charge in [0.05, 0.1) is 5.39 Å². The minimum absolute atomic E-state index is 0.178. The molecule has 0 N–H and O–H groups in total. The summed E-state index contributed by atoms with van der Waals surface area (Å²) in [6.07, 6.45) is 5.98. The third-order valence-corrected chi connectivity index (χ3v) is 4.16. The summed E-state index contributed by atoms with van der Waals surface area (Å²) in [5.74, 6) is 0.828. The number of hydrogen-bond acceptors (Lipinski definition) is 3. The largest absolute Gasteiger partial charge is 0.489 e. The van der Waals surface area contributed by atoms with Gasteiger partial charge in [0, 0.05) is 5.56 Å². The number of ether oxygens (including phenoxy) is 1. The summed E-state index contributed by atoms with van der Waals surface area (Å²) in [4.78, 5) is 12.2. The van der Waals surface area contributed by atoms with Gasteiger partial charge in [0.25, 0.3) is 0 Å². The Hall–Kier alpha value is -2.03. The molecule has 3 nitrogen and oxygen atoms in total. The third-order valence-electron chi connectivity index (χ3n) is 4.16. The summed E-state index contributed by atoms with van der Waals surface area (Å²) < 4.78 is 11.5. The second-order valence-corrected chi connectivity index (χ2v) is 6.28. The van der Waals surface area contributed by atoms with Crippen molar-refractivity contribution in [2.24, 2.45) is 0 Å². The molecule has 0 radical (unpaired) electrons. The molecule has 0 amide bonds. The topological polar surface area (TPSA) is 39.4 Å². The molecule has 3 heteroatoms. The molecule has 0 fully saturated rings. The van der Waals surface area contributed by atoms with E-state index in [1.807, 2.05) is 19.1 Å². The Bertz CT molecular complexity index is 792. The van der Waals surface area contributed by atoms with Gasteiger partial charge in [-0.1, -0.05) is 5.57 Å². The minimum Gasteiger partial charge on any atom is -0.489 e. The van der Waals surface area contributed by atoms with E-state index in [9.17, 15) is 4.79 Å². The smallest absolute Gasteiger partial charge is 0.339 e. The summed E-state index contributed by atoms with van der Waals surface area (Å²) in [5, 5.41) is 0.988. The van der Waals surface area contributed by atoms with Crippen LogP contribution in [0.15, 0.2) is 33.0 Å². The van der Waals surface area contributed by atoms with Crippen LogP contribution < -0.4 is 10.4 Å². The van der Waals surface area contributed by atoms with Crippen molar-refractivity contribution in [1.82, 2.24) is 0 Å². The molecule has 1 aliphatic carbocycles. The Labute approximate surface area is 130 Å². The second kappa shape index (κ2) is 5.99. The van der Waals surface area contributed by atoms with Gasteiger partial charge < -0.3 is 9.15 Å². The van der Waals surface area contributed by atoms with E-state index in [0.29, 0.717) is 12.2 Å². The van der Waals surface area contributed by atoms with Gasteiger partial charge in [0.2, 0.25) is 0 Å². The summed E-state index contributed by atoms with van der Waals surface area (Å²) >= 11 is 0. The first-order valence-electron chi connectivity index (χ1n) is 7.91. The molecule has 1 aromatic heterocycles. The molecule has 2 aromatic rings. The first kappa shape index (κ1) is 14.9. The molecule has 0 bridgehead atoms. The van der Waals surface area contributed by atoms with Gasteiger partial charge in [-0.2, -0.15) is 0 Å². The summed E-state index contributed by atoms with van der Waals surface area (Å²) in [7, 11) is 0. The van der Waals surface area contributed by atoms with E-state index in [1.54, 1.807) is 0 Å². The van der Waals surface area contributed by atoms with Crippen molar-refractivity contribution in [3.05, 3.63) is 50.9 Å². The van der Waals surface area contributed by atoms with Crippen molar-refractivity contribution in [3.8, 4) is 5.75 Å². The van der Waals surface area contributed by atoms with E-state index in [1.165, 1.54) is 5.57 Å². The zero-order valence-corrected chi connectivity index (χ0v) is 13.5. The fourth-order valence-corrected chi connectivity index (χ4v) is 3.08. The number of rotatable bonds is 3. The van der Waals surface area contributed by atoms with Gasteiger partial charge in [-0.15, -0.1) is 0 Å². The van der Waals surface area contributed by atoms with Crippen LogP contribution in [0.3, 0.4) is 0 Å². The Kier molecular flexibility index (Phi) is 4.06. The van der Waals surface area contributed by atoms with Crippen molar-refractivity contribution in [2.75, 3.05) is 6.61 Å². The van der Waals surface area contributed by atoms with Crippen LogP contribution in [0.4, 0.5) is 0 Å². The Morgan fingerprint density at radius 1 is 1.23 bits per heavy atom. The van der Waals surface area contributed by atoms with E-state index in [-0.39, 0.29) is 5.63 Å². The average Bonchev–Trinajstić information content (AvgIpc) is 2.46. The molecule has 0 unspecified atom stereocenters. The van der Waals surface area contributed by atoms with Gasteiger partial charge in [-0.25, -0.2) is 4.79 Å². The van der Waals surface area contributed by atoms with Gasteiger partial charge in [0.15, 0.2) is 0 Å². The van der Waals surface area contributed by atoms with Gasteiger partial charge in [0.1, 0.15) is 17.9 Å². The molecule has 1 heterocycles. The predicted molar refractivity (Wildman–Crippen MR) is 88.8 cm³/mol. The van der Waals surface area contributed by atoms with Crippen molar-refractivity contribution < 1.29 is 9.15 Å². The Balaban J connectivity index is 2.18. The standard InChI is InChI=1S/C19H22O3/c1-12(2)8-9-21-16-10-13(3)11-17-18(16)14-6-4-5-7-15(14)19(20)22-17/h8,10-11H,4-7,9H2,1-3H3. The molecule has 1 aromatic carbocycles. The first-order valence-corrected chi connectivity index (χ1v) is 7.91. The van der Waals surface area contributed by atoms with Crippen LogP contribution in [0.1, 0.15) is 43.4 Å². The second-order valence-electron chi connectivity index (χ2n) is 6.28. The number of aryl methyl sites for hydroxylation is 2. The average molecular weight is 298 g/mol. The SMILES string of the molecule is CC(C)=CCOc1cc(C)cc2oc(=O)c3c(c12)CCCC3. The van der Waals surface area contributed by atoms with E-state index in [4.69, 9.17) is 9.15 Å². The van der Waals surface area contributed by atoms with E-state index in [0.717, 1.165) is 53.5 Å². The van der Waals surface area contributed by atoms with Crippen LogP contribution in [0.25, 0.3) is 11.0 Å². The van der Waals surface area contributed by atoms with E-state index < -0.39 is 0 Å². The van der Waals surface area contributed by atoms with Crippen LogP contribution >= 0.6 is 0 Å². The lowest BCUT2D eigenvalue weighted by Gasteiger charge is -2.18. The molecule has 0 saturated heterocycles. The monoisotopic (exact) mass is 298 g/mol. The Morgan fingerprint density at radius 2 is 1.95 bits per heavy atom. The molecular formula is C19H22O3. The van der Waals surface area contributed by atoms with Crippen LogP contribution in [0, 0.1) is 6.92 Å². The van der Waals surface area contributed by atoms with E-state index >= 15 is 0 Å². The Morgan fingerprint density at radius 3 is 2.68 bits per heavy atom. The molecular weight excluding hydrogens is 276 g/mol. The molecule has 0 aliphatic heterocycles. The zero-order chi connectivity index (χ0) is 15.7. The fourth-order valence-electron chi connectivity index (χ4n) is 3.08. The highest BCUT2D eigenvalue weighted by atomic mass is 16.5. The van der Waals surface area contributed by atoms with Crippen molar-refractivity contribution in [1.29, 1.82) is 0 Å². The number of fused-ring (bicyclic) bond motifs is 3. The summed E-state index contributed by atoms with van der Waals surface area (Å²) in [6.45, 7) is 6.64. The minimum atomic E-state index is -0.178. The van der Waals surface area contributed by atoms with Gasteiger partial charge in [-0.05, 0) is 75.8 Å². The zero-order valence-electron chi connectivity index (χ0n) is 13.5. The van der Waals surface area contributed by atoms with E-state index in [2.05, 4.69) is 19.9 Å². The van der Waals surface area contributed by atoms with Crippen molar-refractivity contribution in [3.63, 3.8) is 0 Å². The van der Waals surface area contributed by atoms with Gasteiger partial charge in [-0.3, -0.25) is 0 Å². The summed E-state index contributed by atoms with van der Waals surface area (Å²) in [6, 6.07) is 3.97. The number of benzene rings is 1. The predicted octanol–water partition coefficient (Wildman–Crippen LogP) is 4.33. The first-order chi connectivity index (χ1) is 10.6. The molecule has 22 heavy (non-hydrogen) atoms. The molecule has 0 atom stereocenters. The lowest BCUT2D eigenvalue weighted by atomic mass is 9.90. The maximum Gasteiger partial charge on any atom is 0.339 e. The molecule has 0 spiro atoms. The summed E-state index contributed by atoms with van der Waals surface area (Å²) in [5.41, 5.74) is 4.71. The molecule has 1 aliphatic rings. The number of allylic oxidation sites excluding steroid dienone is 1. The van der Waals surface area contributed by atoms with Crippen LogP contribution in [0.2, 0.25) is 0 Å². The van der Waals surface area contributed by atoms with Crippen LogP contribution in [0.5, 0.6) is 5.75 Å². The van der Waals surface area contributed by atoms with Crippen molar-refractivity contribution in [2.45, 2.75) is 46.5 Å². The lowest BCUT2D eigenvalue weighted by Crippen LogP contribution is -2.16. The molecule has 0 saturated carbocycles. The molecule has 116 valence electrons. The molecule has 3 rings (SSSR count).